The highest BCUT2D eigenvalue weighted by Crippen LogP contribution is 2.27. The molecule has 0 heterocycles. The average Bonchev–Trinajstić information content (AvgIpc) is 2.54. The Balaban J connectivity index is 2.03. The molecular formula is C15H14ClFN2O4S. The van der Waals surface area contributed by atoms with Crippen LogP contribution >= 0.6 is 11.6 Å². The Hall–Kier alpha value is -2.16. The van der Waals surface area contributed by atoms with E-state index in [2.05, 4.69) is 10.0 Å². The van der Waals surface area contributed by atoms with E-state index >= 15 is 0 Å². The molecule has 0 aliphatic heterocycles. The third-order valence-corrected chi connectivity index (χ3v) is 4.63. The number of hydrogen-bond donors (Lipinski definition) is 2. The molecule has 2 aromatic rings. The highest BCUT2D eigenvalue weighted by molar-refractivity contribution is 7.89. The molecule has 0 aromatic heterocycles. The van der Waals surface area contributed by atoms with E-state index in [9.17, 15) is 17.6 Å². The monoisotopic (exact) mass is 372 g/mol. The summed E-state index contributed by atoms with van der Waals surface area (Å²) in [5.74, 6) is -0.782. The molecule has 2 aromatic carbocycles. The molecule has 0 saturated heterocycles. The molecule has 0 fully saturated rings. The highest BCUT2D eigenvalue weighted by atomic mass is 35.5. The number of carbonyl (C=O) groups excluding carboxylic acids is 1. The number of amides is 1. The molecule has 0 atom stereocenters. The highest BCUT2D eigenvalue weighted by Gasteiger charge is 2.16. The lowest BCUT2D eigenvalue weighted by atomic mass is 10.3. The molecule has 6 nitrogen and oxygen atoms in total. The van der Waals surface area contributed by atoms with Crippen LogP contribution in [0.2, 0.25) is 5.02 Å². The summed E-state index contributed by atoms with van der Waals surface area (Å²) in [7, 11) is -2.50. The van der Waals surface area contributed by atoms with E-state index in [1.807, 2.05) is 0 Å². The fourth-order valence-electron chi connectivity index (χ4n) is 1.83. The van der Waals surface area contributed by atoms with Crippen molar-refractivity contribution in [3.8, 4) is 5.75 Å². The van der Waals surface area contributed by atoms with Gasteiger partial charge in [-0.25, -0.2) is 17.5 Å². The number of ether oxygens (including phenoxy) is 1. The van der Waals surface area contributed by atoms with Crippen LogP contribution in [0, 0.1) is 5.82 Å². The van der Waals surface area contributed by atoms with Gasteiger partial charge in [-0.05, 0) is 42.5 Å². The van der Waals surface area contributed by atoms with E-state index in [1.165, 1.54) is 13.2 Å². The molecule has 2 N–H and O–H groups in total. The summed E-state index contributed by atoms with van der Waals surface area (Å²) < 4.78 is 44.1. The quantitative estimate of drug-likeness (QED) is 0.815. The number of anilines is 1. The first-order chi connectivity index (χ1) is 11.3. The van der Waals surface area contributed by atoms with Gasteiger partial charge >= 0.3 is 0 Å². The van der Waals surface area contributed by atoms with Gasteiger partial charge in [-0.2, -0.15) is 0 Å². The van der Waals surface area contributed by atoms with Crippen molar-refractivity contribution in [1.29, 1.82) is 0 Å². The van der Waals surface area contributed by atoms with Gasteiger partial charge in [-0.15, -0.1) is 0 Å². The van der Waals surface area contributed by atoms with Crippen LogP contribution < -0.4 is 14.8 Å². The van der Waals surface area contributed by atoms with Crippen molar-refractivity contribution < 1.29 is 22.3 Å². The summed E-state index contributed by atoms with van der Waals surface area (Å²) >= 11 is 5.85. The smallest absolute Gasteiger partial charge is 0.241 e. The van der Waals surface area contributed by atoms with Gasteiger partial charge in [0, 0.05) is 5.02 Å². The Morgan fingerprint density at radius 2 is 1.88 bits per heavy atom. The van der Waals surface area contributed by atoms with E-state index in [-0.39, 0.29) is 4.90 Å². The van der Waals surface area contributed by atoms with E-state index in [0.29, 0.717) is 16.5 Å². The molecule has 0 spiro atoms. The molecule has 0 aliphatic rings. The molecule has 9 heteroatoms. The number of carbonyl (C=O) groups is 1. The van der Waals surface area contributed by atoms with Gasteiger partial charge in [0.1, 0.15) is 11.6 Å². The predicted octanol–water partition coefficient (Wildman–Crippen LogP) is 2.40. The molecule has 0 bridgehead atoms. The zero-order valence-corrected chi connectivity index (χ0v) is 14.1. The van der Waals surface area contributed by atoms with Crippen LogP contribution in [0.5, 0.6) is 5.75 Å². The van der Waals surface area contributed by atoms with E-state index in [0.717, 1.165) is 24.3 Å². The van der Waals surface area contributed by atoms with Crippen molar-refractivity contribution in [3.05, 3.63) is 53.3 Å². The lowest BCUT2D eigenvalue weighted by Gasteiger charge is -2.11. The van der Waals surface area contributed by atoms with Crippen LogP contribution in [0.3, 0.4) is 0 Å². The van der Waals surface area contributed by atoms with Crippen LogP contribution in [0.25, 0.3) is 0 Å². The van der Waals surface area contributed by atoms with Gasteiger partial charge in [-0.1, -0.05) is 11.6 Å². The van der Waals surface area contributed by atoms with Gasteiger partial charge < -0.3 is 10.1 Å². The van der Waals surface area contributed by atoms with Crippen molar-refractivity contribution in [1.82, 2.24) is 4.72 Å². The molecule has 1 amide bonds. The molecule has 128 valence electrons. The maximum Gasteiger partial charge on any atom is 0.241 e. The van der Waals surface area contributed by atoms with Crippen molar-refractivity contribution in [3.63, 3.8) is 0 Å². The van der Waals surface area contributed by atoms with Crippen LogP contribution in [-0.2, 0) is 14.8 Å². The molecule has 0 saturated carbocycles. The number of halogens is 2. The largest absolute Gasteiger partial charge is 0.495 e. The standard InChI is InChI=1S/C15H14ClFN2O4S/c1-23-14-7-2-10(16)8-13(14)19-15(20)9-18-24(21,22)12-5-3-11(17)4-6-12/h2-8,18H,9H2,1H3,(H,19,20). The second-order valence-electron chi connectivity index (χ2n) is 4.67. The number of nitrogens with one attached hydrogen (secondary N) is 2. The van der Waals surface area contributed by atoms with E-state index in [4.69, 9.17) is 16.3 Å². The van der Waals surface area contributed by atoms with E-state index < -0.39 is 28.3 Å². The fraction of sp³-hybridized carbons (Fsp3) is 0.133. The Morgan fingerprint density at radius 3 is 2.50 bits per heavy atom. The number of rotatable bonds is 6. The number of methoxy groups -OCH3 is 1. The molecule has 0 unspecified atom stereocenters. The van der Waals surface area contributed by atoms with Crippen molar-refractivity contribution in [2.24, 2.45) is 0 Å². The van der Waals surface area contributed by atoms with Gasteiger partial charge in [-0.3, -0.25) is 4.79 Å². The maximum absolute atomic E-state index is 12.8. The third-order valence-electron chi connectivity index (χ3n) is 2.98. The zero-order chi connectivity index (χ0) is 17.7. The summed E-state index contributed by atoms with van der Waals surface area (Å²) in [4.78, 5) is 11.8. The number of hydrogen-bond acceptors (Lipinski definition) is 4. The SMILES string of the molecule is COc1ccc(Cl)cc1NC(=O)CNS(=O)(=O)c1ccc(F)cc1. The average molecular weight is 373 g/mol. The van der Waals surface area contributed by atoms with Crippen molar-refractivity contribution in [2.45, 2.75) is 4.90 Å². The first-order valence-electron chi connectivity index (χ1n) is 6.70. The normalized spacial score (nSPS) is 11.1. The number of benzene rings is 2. The first-order valence-corrected chi connectivity index (χ1v) is 8.56. The summed E-state index contributed by atoms with van der Waals surface area (Å²) in [6.45, 7) is -0.505. The summed E-state index contributed by atoms with van der Waals surface area (Å²) in [6, 6.07) is 8.89. The minimum atomic E-state index is -3.92. The Kier molecular flexibility index (Phi) is 5.76. The molecule has 0 radical (unpaired) electrons. The Morgan fingerprint density at radius 1 is 1.21 bits per heavy atom. The second kappa shape index (κ2) is 7.61. The van der Waals surface area contributed by atoms with Gasteiger partial charge in [0.15, 0.2) is 0 Å². The van der Waals surface area contributed by atoms with Gasteiger partial charge in [0.25, 0.3) is 0 Å². The van der Waals surface area contributed by atoms with Gasteiger partial charge in [0.05, 0.1) is 24.2 Å². The van der Waals surface area contributed by atoms with Crippen molar-refractivity contribution >= 4 is 33.2 Å². The molecular weight excluding hydrogens is 359 g/mol. The first kappa shape index (κ1) is 18.2. The van der Waals surface area contributed by atoms with Crippen LogP contribution in [0.15, 0.2) is 47.4 Å². The minimum Gasteiger partial charge on any atom is -0.495 e. The van der Waals surface area contributed by atoms with Crippen LogP contribution in [-0.4, -0.2) is 28.0 Å². The minimum absolute atomic E-state index is 0.142. The van der Waals surface area contributed by atoms with Gasteiger partial charge in [0.2, 0.25) is 15.9 Å². The Bertz CT molecular complexity index is 841. The maximum atomic E-state index is 12.8. The lowest BCUT2D eigenvalue weighted by molar-refractivity contribution is -0.115. The summed E-state index contributed by atoms with van der Waals surface area (Å²) in [5, 5.41) is 2.89. The fourth-order valence-corrected chi connectivity index (χ4v) is 2.98. The lowest BCUT2D eigenvalue weighted by Crippen LogP contribution is -2.33. The van der Waals surface area contributed by atoms with Crippen molar-refractivity contribution in [2.75, 3.05) is 19.0 Å². The van der Waals surface area contributed by atoms with Crippen LogP contribution in [0.1, 0.15) is 0 Å². The third kappa shape index (κ3) is 4.67. The Labute approximate surface area is 143 Å². The molecule has 2 rings (SSSR count). The topological polar surface area (TPSA) is 84.5 Å². The predicted molar refractivity (Wildman–Crippen MR) is 88.2 cm³/mol. The van der Waals surface area contributed by atoms with Crippen LogP contribution in [0.4, 0.5) is 10.1 Å². The summed E-state index contributed by atoms with van der Waals surface area (Å²) in [6.07, 6.45) is 0. The molecule has 0 aliphatic carbocycles. The van der Waals surface area contributed by atoms with E-state index in [1.54, 1.807) is 12.1 Å². The second-order valence-corrected chi connectivity index (χ2v) is 6.87. The number of sulfonamides is 1. The zero-order valence-electron chi connectivity index (χ0n) is 12.5. The molecule has 24 heavy (non-hydrogen) atoms. The summed E-state index contributed by atoms with van der Waals surface area (Å²) in [5.41, 5.74) is 0.316.